The molecular weight excluding hydrogens is 508 g/mol. The number of para-hydroxylation sites is 1. The molecule has 1 aromatic heterocycles. The van der Waals surface area contributed by atoms with Gasteiger partial charge in [-0.15, -0.1) is 0 Å². The van der Waals surface area contributed by atoms with Gasteiger partial charge in [0.15, 0.2) is 0 Å². The van der Waals surface area contributed by atoms with Gasteiger partial charge in [0.1, 0.15) is 5.69 Å². The maximum absolute atomic E-state index is 13.7. The zero-order valence-electron chi connectivity index (χ0n) is 25.8. The first-order chi connectivity index (χ1) is 19.7. The number of hydrogen-bond acceptors (Lipinski definition) is 3. The molecule has 0 bridgehead atoms. The number of nitrogens with zero attached hydrogens (tertiary/aromatic N) is 2. The van der Waals surface area contributed by atoms with Crippen molar-refractivity contribution in [2.75, 3.05) is 30.3 Å². The average Bonchev–Trinajstić information content (AvgIpc) is 2.95. The number of aryl methyl sites for hydroxylation is 1. The third-order valence-corrected chi connectivity index (χ3v) is 7.37. The van der Waals surface area contributed by atoms with E-state index in [1.807, 2.05) is 54.7 Å². The van der Waals surface area contributed by atoms with Crippen molar-refractivity contribution in [2.24, 2.45) is 0 Å². The summed E-state index contributed by atoms with van der Waals surface area (Å²) in [7, 11) is 0. The summed E-state index contributed by atoms with van der Waals surface area (Å²) in [6.45, 7) is 18.0. The number of aromatic nitrogens is 1. The summed E-state index contributed by atoms with van der Waals surface area (Å²) in [6.07, 6.45) is 3.66. The van der Waals surface area contributed by atoms with Crippen LogP contribution < -0.4 is 16.2 Å². The van der Waals surface area contributed by atoms with E-state index in [2.05, 4.69) is 75.8 Å². The van der Waals surface area contributed by atoms with Gasteiger partial charge in [0.05, 0.1) is 6.54 Å². The van der Waals surface area contributed by atoms with E-state index in [0.717, 1.165) is 53.9 Å². The highest BCUT2D eigenvalue weighted by Gasteiger charge is 2.19. The van der Waals surface area contributed by atoms with Gasteiger partial charge in [0, 0.05) is 29.6 Å². The van der Waals surface area contributed by atoms with Gasteiger partial charge in [-0.1, -0.05) is 97.1 Å². The maximum atomic E-state index is 13.7. The van der Waals surface area contributed by atoms with Gasteiger partial charge in [-0.25, -0.2) is 4.79 Å². The lowest BCUT2D eigenvalue weighted by Gasteiger charge is -2.21. The fourth-order valence-electron chi connectivity index (χ4n) is 4.86. The van der Waals surface area contributed by atoms with E-state index < -0.39 is 6.03 Å². The Morgan fingerprint density at radius 3 is 2.15 bits per heavy atom. The summed E-state index contributed by atoms with van der Waals surface area (Å²) in [6, 6.07) is 15.5. The molecule has 0 saturated carbocycles. The fraction of sp³-hybridized carbons (Fsp3) is 0.429. The Morgan fingerprint density at radius 1 is 0.902 bits per heavy atom. The molecule has 2 N–H and O–H groups in total. The minimum atomic E-state index is -0.429. The summed E-state index contributed by atoms with van der Waals surface area (Å²) in [5.41, 5.74) is 5.36. The zero-order chi connectivity index (χ0) is 29.9. The summed E-state index contributed by atoms with van der Waals surface area (Å²) in [5, 5.41) is 6.04. The highest BCUT2D eigenvalue weighted by Crippen LogP contribution is 2.33. The molecule has 0 aliphatic heterocycles. The third kappa shape index (κ3) is 8.34. The van der Waals surface area contributed by atoms with Crippen molar-refractivity contribution >= 4 is 17.4 Å². The summed E-state index contributed by atoms with van der Waals surface area (Å²) >= 11 is 0. The number of carbonyl (C=O) groups excluding carboxylic acids is 1. The number of benzene rings is 2. The number of carbonyl (C=O) groups is 1. The standard InChI is InChI=1S/C35H46N4O2/c1-8-11-22-39-23-20-31(28-17-12-15-27(24-28)16-14-21-38(9-2)10-3)33(34(39)40)37-35(41)36-32-29(25(4)5)18-13-19-30(32)26(6)7/h12-13,15,17-20,23-26H,8-11,21-22H2,1-7H3,(H2,36,37,41). The van der Waals surface area contributed by atoms with E-state index in [9.17, 15) is 9.59 Å². The van der Waals surface area contributed by atoms with Crippen LogP contribution in [0.25, 0.3) is 11.1 Å². The van der Waals surface area contributed by atoms with Crippen LogP contribution in [0.15, 0.2) is 59.5 Å². The summed E-state index contributed by atoms with van der Waals surface area (Å²) < 4.78 is 1.68. The normalized spacial score (nSPS) is 11.1. The number of unbranched alkanes of at least 4 members (excludes halogenated alkanes) is 1. The second-order valence-electron chi connectivity index (χ2n) is 11.0. The number of pyridine rings is 1. The highest BCUT2D eigenvalue weighted by molar-refractivity contribution is 6.03. The van der Waals surface area contributed by atoms with E-state index in [1.165, 1.54) is 0 Å². The number of anilines is 2. The average molecular weight is 555 g/mol. The molecule has 218 valence electrons. The predicted molar refractivity (Wildman–Crippen MR) is 173 cm³/mol. The molecule has 1 heterocycles. The monoisotopic (exact) mass is 554 g/mol. The van der Waals surface area contributed by atoms with E-state index in [4.69, 9.17) is 0 Å². The van der Waals surface area contributed by atoms with Crippen LogP contribution in [0.4, 0.5) is 16.2 Å². The molecular formula is C35H46N4O2. The van der Waals surface area contributed by atoms with Crippen molar-refractivity contribution in [3.63, 3.8) is 0 Å². The first-order valence-corrected chi connectivity index (χ1v) is 15.0. The van der Waals surface area contributed by atoms with Crippen LogP contribution in [0.2, 0.25) is 0 Å². The van der Waals surface area contributed by atoms with Gasteiger partial charge in [0.2, 0.25) is 0 Å². The largest absolute Gasteiger partial charge is 0.323 e. The van der Waals surface area contributed by atoms with E-state index in [-0.39, 0.29) is 23.1 Å². The molecule has 2 aromatic carbocycles. The third-order valence-electron chi connectivity index (χ3n) is 7.37. The second-order valence-corrected chi connectivity index (χ2v) is 11.0. The zero-order valence-corrected chi connectivity index (χ0v) is 25.8. The highest BCUT2D eigenvalue weighted by atomic mass is 16.2. The summed E-state index contributed by atoms with van der Waals surface area (Å²) in [5.74, 6) is 6.98. The second kappa shape index (κ2) is 15.3. The van der Waals surface area contributed by atoms with E-state index in [0.29, 0.717) is 18.7 Å². The minimum absolute atomic E-state index is 0.217. The van der Waals surface area contributed by atoms with Gasteiger partial charge in [-0.2, -0.15) is 0 Å². The molecule has 6 nitrogen and oxygen atoms in total. The topological polar surface area (TPSA) is 66.4 Å². The molecule has 0 atom stereocenters. The van der Waals surface area contributed by atoms with Crippen LogP contribution in [0.3, 0.4) is 0 Å². The lowest BCUT2D eigenvalue weighted by atomic mass is 9.93. The molecule has 0 aliphatic carbocycles. The first-order valence-electron chi connectivity index (χ1n) is 15.0. The number of urea groups is 1. The predicted octanol–water partition coefficient (Wildman–Crippen LogP) is 7.90. The van der Waals surface area contributed by atoms with Gasteiger partial charge < -0.3 is 15.2 Å². The van der Waals surface area contributed by atoms with Crippen LogP contribution >= 0.6 is 0 Å². The van der Waals surface area contributed by atoms with Gasteiger partial charge in [0.25, 0.3) is 5.56 Å². The van der Waals surface area contributed by atoms with Crippen molar-refractivity contribution in [2.45, 2.75) is 79.7 Å². The van der Waals surface area contributed by atoms with Gasteiger partial charge >= 0.3 is 6.03 Å². The Morgan fingerprint density at radius 2 is 1.54 bits per heavy atom. The summed E-state index contributed by atoms with van der Waals surface area (Å²) in [4.78, 5) is 29.5. The van der Waals surface area contributed by atoms with E-state index >= 15 is 0 Å². The van der Waals surface area contributed by atoms with Gasteiger partial charge in [-0.3, -0.25) is 9.69 Å². The van der Waals surface area contributed by atoms with Crippen molar-refractivity contribution in [1.82, 2.24) is 9.47 Å². The van der Waals surface area contributed by atoms with Crippen LogP contribution in [0.1, 0.15) is 89.8 Å². The minimum Gasteiger partial charge on any atom is -0.314 e. The first kappa shape index (κ1) is 31.7. The molecule has 6 heteroatoms. The van der Waals surface area contributed by atoms with Gasteiger partial charge in [-0.05, 0) is 66.2 Å². The Hall–Kier alpha value is -3.82. The van der Waals surface area contributed by atoms with E-state index in [1.54, 1.807) is 4.57 Å². The van der Waals surface area contributed by atoms with Crippen LogP contribution in [-0.2, 0) is 6.54 Å². The molecule has 3 aromatic rings. The van der Waals surface area contributed by atoms with Crippen LogP contribution in [0, 0.1) is 11.8 Å². The smallest absolute Gasteiger partial charge is 0.314 e. The lowest BCUT2D eigenvalue weighted by molar-refractivity contribution is 0.262. The Labute approximate surface area is 246 Å². The Balaban J connectivity index is 2.01. The number of hydrogen-bond donors (Lipinski definition) is 2. The quantitative estimate of drug-likeness (QED) is 0.237. The molecule has 2 amide bonds. The van der Waals surface area contributed by atoms with Crippen molar-refractivity contribution in [1.29, 1.82) is 0 Å². The van der Waals surface area contributed by atoms with Crippen LogP contribution in [0.5, 0.6) is 0 Å². The van der Waals surface area contributed by atoms with Crippen molar-refractivity contribution < 1.29 is 4.79 Å². The molecule has 0 saturated heterocycles. The molecule has 0 spiro atoms. The molecule has 0 fully saturated rings. The molecule has 41 heavy (non-hydrogen) atoms. The maximum Gasteiger partial charge on any atom is 0.323 e. The molecule has 0 radical (unpaired) electrons. The fourth-order valence-corrected chi connectivity index (χ4v) is 4.86. The lowest BCUT2D eigenvalue weighted by Crippen LogP contribution is -2.29. The van der Waals surface area contributed by atoms with Crippen LogP contribution in [-0.4, -0.2) is 35.1 Å². The Bertz CT molecular complexity index is 1410. The number of rotatable bonds is 11. The Kier molecular flexibility index (Phi) is 11.8. The molecule has 0 unspecified atom stereocenters. The number of nitrogens with one attached hydrogen (secondary N) is 2. The van der Waals surface area contributed by atoms with Crippen molar-refractivity contribution in [3.05, 3.63) is 81.8 Å². The SMILES string of the molecule is CCCCn1ccc(-c2cccc(C#CCN(CC)CC)c2)c(NC(=O)Nc2c(C(C)C)cccc2C(C)C)c1=O. The van der Waals surface area contributed by atoms with Crippen molar-refractivity contribution in [3.8, 4) is 23.0 Å². The number of amides is 2. The molecule has 0 aliphatic rings. The molecule has 3 rings (SSSR count).